The summed E-state index contributed by atoms with van der Waals surface area (Å²) in [7, 11) is 0. The van der Waals surface area contributed by atoms with E-state index >= 15 is 0 Å². The van der Waals surface area contributed by atoms with Gasteiger partial charge in [0.1, 0.15) is 5.82 Å². The zero-order valence-corrected chi connectivity index (χ0v) is 12.2. The number of halogens is 2. The van der Waals surface area contributed by atoms with Gasteiger partial charge in [0.15, 0.2) is 0 Å². The lowest BCUT2D eigenvalue weighted by atomic mass is 9.73. The standard InChI is InChI=1S/C15H19FN2O.ClH/c16-12-4-1-5-13(10-12)18-9-3-7-15(14(18)19)6-2-8-17-11-15;/h1,4-5,10,17H,2-3,6-9,11H2;1H. The largest absolute Gasteiger partial charge is 0.316 e. The number of amides is 1. The fourth-order valence-corrected chi connectivity index (χ4v) is 3.32. The van der Waals surface area contributed by atoms with Crippen molar-refractivity contribution < 1.29 is 9.18 Å². The molecule has 0 aliphatic carbocycles. The Balaban J connectivity index is 0.00000147. The van der Waals surface area contributed by atoms with E-state index < -0.39 is 0 Å². The second-order valence-corrected chi connectivity index (χ2v) is 5.60. The number of benzene rings is 1. The summed E-state index contributed by atoms with van der Waals surface area (Å²) in [6.07, 6.45) is 3.93. The smallest absolute Gasteiger partial charge is 0.234 e. The monoisotopic (exact) mass is 298 g/mol. The first-order valence-electron chi connectivity index (χ1n) is 7.00. The van der Waals surface area contributed by atoms with Crippen LogP contribution in [0, 0.1) is 11.2 Å². The third-order valence-electron chi connectivity index (χ3n) is 4.33. The molecular formula is C15H20ClFN2O. The topological polar surface area (TPSA) is 32.3 Å². The van der Waals surface area contributed by atoms with Crippen LogP contribution < -0.4 is 10.2 Å². The fourth-order valence-electron chi connectivity index (χ4n) is 3.32. The summed E-state index contributed by atoms with van der Waals surface area (Å²) >= 11 is 0. The second kappa shape index (κ2) is 6.10. The number of rotatable bonds is 1. The predicted molar refractivity (Wildman–Crippen MR) is 79.8 cm³/mol. The Labute approximate surface area is 124 Å². The van der Waals surface area contributed by atoms with Crippen molar-refractivity contribution in [2.75, 3.05) is 24.5 Å². The van der Waals surface area contributed by atoms with Gasteiger partial charge in [-0.3, -0.25) is 4.79 Å². The first-order chi connectivity index (χ1) is 9.21. The van der Waals surface area contributed by atoms with Crippen LogP contribution in [0.4, 0.5) is 10.1 Å². The molecule has 0 bridgehead atoms. The summed E-state index contributed by atoms with van der Waals surface area (Å²) in [5.74, 6) is -0.122. The summed E-state index contributed by atoms with van der Waals surface area (Å²) < 4.78 is 13.3. The molecule has 110 valence electrons. The predicted octanol–water partition coefficient (Wildman–Crippen LogP) is 2.74. The molecule has 1 aromatic carbocycles. The van der Waals surface area contributed by atoms with E-state index in [-0.39, 0.29) is 29.5 Å². The van der Waals surface area contributed by atoms with E-state index in [4.69, 9.17) is 0 Å². The molecule has 1 spiro atoms. The molecule has 3 rings (SSSR count). The van der Waals surface area contributed by atoms with Crippen LogP contribution in [-0.2, 0) is 4.79 Å². The van der Waals surface area contributed by atoms with Crippen LogP contribution in [0.3, 0.4) is 0 Å². The van der Waals surface area contributed by atoms with Crippen LogP contribution in [-0.4, -0.2) is 25.5 Å². The van der Waals surface area contributed by atoms with E-state index in [1.807, 2.05) is 6.07 Å². The van der Waals surface area contributed by atoms with Gasteiger partial charge in [-0.25, -0.2) is 4.39 Å². The summed E-state index contributed by atoms with van der Waals surface area (Å²) in [6.45, 7) is 2.46. The Morgan fingerprint density at radius 1 is 1.25 bits per heavy atom. The number of nitrogens with one attached hydrogen (secondary N) is 1. The molecule has 20 heavy (non-hydrogen) atoms. The molecule has 2 fully saturated rings. The van der Waals surface area contributed by atoms with Crippen LogP contribution in [0.2, 0.25) is 0 Å². The van der Waals surface area contributed by atoms with E-state index in [1.165, 1.54) is 12.1 Å². The first kappa shape index (κ1) is 15.3. The highest BCUT2D eigenvalue weighted by Crippen LogP contribution is 2.38. The van der Waals surface area contributed by atoms with Gasteiger partial charge in [0.2, 0.25) is 5.91 Å². The Kier molecular flexibility index (Phi) is 4.66. The normalized spacial score (nSPS) is 26.4. The van der Waals surface area contributed by atoms with Crippen molar-refractivity contribution in [1.29, 1.82) is 0 Å². The Bertz CT molecular complexity index is 483. The van der Waals surface area contributed by atoms with E-state index in [9.17, 15) is 9.18 Å². The number of carbonyl (C=O) groups is 1. The van der Waals surface area contributed by atoms with Gasteiger partial charge < -0.3 is 10.2 Å². The van der Waals surface area contributed by atoms with Gasteiger partial charge in [0.05, 0.1) is 5.41 Å². The third-order valence-corrected chi connectivity index (χ3v) is 4.33. The summed E-state index contributed by atoms with van der Waals surface area (Å²) in [4.78, 5) is 14.5. The Hall–Kier alpha value is -1.13. The highest BCUT2D eigenvalue weighted by atomic mass is 35.5. The van der Waals surface area contributed by atoms with Gasteiger partial charge in [-0.2, -0.15) is 0 Å². The minimum Gasteiger partial charge on any atom is -0.316 e. The van der Waals surface area contributed by atoms with E-state index in [1.54, 1.807) is 11.0 Å². The van der Waals surface area contributed by atoms with Crippen LogP contribution >= 0.6 is 12.4 Å². The molecule has 2 saturated heterocycles. The summed E-state index contributed by atoms with van der Waals surface area (Å²) in [5.41, 5.74) is 0.428. The molecule has 0 radical (unpaired) electrons. The first-order valence-corrected chi connectivity index (χ1v) is 7.00. The maximum atomic E-state index is 13.3. The zero-order chi connectivity index (χ0) is 13.3. The van der Waals surface area contributed by atoms with Crippen molar-refractivity contribution in [2.45, 2.75) is 25.7 Å². The van der Waals surface area contributed by atoms with Crippen LogP contribution in [0.5, 0.6) is 0 Å². The second-order valence-electron chi connectivity index (χ2n) is 5.60. The molecular weight excluding hydrogens is 279 g/mol. The number of piperidine rings is 2. The molecule has 5 heteroatoms. The lowest BCUT2D eigenvalue weighted by molar-refractivity contribution is -0.131. The van der Waals surface area contributed by atoms with Gasteiger partial charge in [0.25, 0.3) is 0 Å². The quantitative estimate of drug-likeness (QED) is 0.864. The van der Waals surface area contributed by atoms with E-state index in [2.05, 4.69) is 5.32 Å². The number of hydrogen-bond donors (Lipinski definition) is 1. The molecule has 2 aliphatic rings. The average molecular weight is 299 g/mol. The molecule has 1 unspecified atom stereocenters. The number of hydrogen-bond acceptors (Lipinski definition) is 2. The Morgan fingerprint density at radius 3 is 2.75 bits per heavy atom. The van der Waals surface area contributed by atoms with Crippen molar-refractivity contribution in [3.05, 3.63) is 30.1 Å². The van der Waals surface area contributed by atoms with Gasteiger partial charge in [-0.1, -0.05) is 6.07 Å². The van der Waals surface area contributed by atoms with Crippen molar-refractivity contribution in [1.82, 2.24) is 5.32 Å². The van der Waals surface area contributed by atoms with Crippen molar-refractivity contribution >= 4 is 24.0 Å². The molecule has 1 atom stereocenters. The molecule has 1 N–H and O–H groups in total. The lowest BCUT2D eigenvalue weighted by Crippen LogP contribution is -2.55. The maximum absolute atomic E-state index is 13.3. The van der Waals surface area contributed by atoms with Crippen molar-refractivity contribution in [3.63, 3.8) is 0 Å². The van der Waals surface area contributed by atoms with Gasteiger partial charge in [0, 0.05) is 18.8 Å². The van der Waals surface area contributed by atoms with Crippen LogP contribution in [0.15, 0.2) is 24.3 Å². The number of nitrogens with zero attached hydrogens (tertiary/aromatic N) is 1. The SMILES string of the molecule is Cl.O=C1N(c2cccc(F)c2)CCCC12CCCNC2. The van der Waals surface area contributed by atoms with Crippen molar-refractivity contribution in [2.24, 2.45) is 5.41 Å². The molecule has 2 aliphatic heterocycles. The summed E-state index contributed by atoms with van der Waals surface area (Å²) in [6, 6.07) is 6.34. The molecule has 1 amide bonds. The average Bonchev–Trinajstić information content (AvgIpc) is 2.43. The highest BCUT2D eigenvalue weighted by molar-refractivity contribution is 5.98. The molecule has 0 aromatic heterocycles. The van der Waals surface area contributed by atoms with Crippen molar-refractivity contribution in [3.8, 4) is 0 Å². The fraction of sp³-hybridized carbons (Fsp3) is 0.533. The zero-order valence-electron chi connectivity index (χ0n) is 11.4. The molecule has 0 saturated carbocycles. The van der Waals surface area contributed by atoms with E-state index in [0.29, 0.717) is 12.2 Å². The number of carbonyl (C=O) groups excluding carboxylic acids is 1. The number of anilines is 1. The summed E-state index contributed by atoms with van der Waals surface area (Å²) in [5, 5.41) is 3.34. The lowest BCUT2D eigenvalue weighted by Gasteiger charge is -2.44. The van der Waals surface area contributed by atoms with Gasteiger partial charge >= 0.3 is 0 Å². The molecule has 1 aromatic rings. The maximum Gasteiger partial charge on any atom is 0.234 e. The van der Waals surface area contributed by atoms with Gasteiger partial charge in [-0.05, 0) is 50.4 Å². The highest BCUT2D eigenvalue weighted by Gasteiger charge is 2.44. The van der Waals surface area contributed by atoms with Gasteiger partial charge in [-0.15, -0.1) is 12.4 Å². The Morgan fingerprint density at radius 2 is 2.05 bits per heavy atom. The molecule has 2 heterocycles. The minimum absolute atomic E-state index is 0. The van der Waals surface area contributed by atoms with Crippen LogP contribution in [0.25, 0.3) is 0 Å². The third kappa shape index (κ3) is 2.67. The van der Waals surface area contributed by atoms with Crippen LogP contribution in [0.1, 0.15) is 25.7 Å². The molecule has 3 nitrogen and oxygen atoms in total. The minimum atomic E-state index is -0.285. The van der Waals surface area contributed by atoms with E-state index in [0.717, 1.165) is 38.8 Å².